The molecule has 0 saturated heterocycles. The van der Waals surface area contributed by atoms with Crippen molar-refractivity contribution in [3.05, 3.63) is 29.8 Å². The first kappa shape index (κ1) is 14.4. The monoisotopic (exact) mass is 276 g/mol. The summed E-state index contributed by atoms with van der Waals surface area (Å²) in [6, 6.07) is 6.13. The number of hydrogen-bond acceptors (Lipinski definition) is 2. The van der Waals surface area contributed by atoms with Crippen molar-refractivity contribution in [2.45, 2.75) is 38.6 Å². The van der Waals surface area contributed by atoms with Crippen LogP contribution < -0.4 is 10.6 Å². The van der Waals surface area contributed by atoms with Crippen LogP contribution in [0.15, 0.2) is 24.3 Å². The summed E-state index contributed by atoms with van der Waals surface area (Å²) in [7, 11) is 0. The Balaban J connectivity index is 1.86. The van der Waals surface area contributed by atoms with Crippen LogP contribution in [0.5, 0.6) is 0 Å². The average molecular weight is 276 g/mol. The van der Waals surface area contributed by atoms with Gasteiger partial charge in [-0.2, -0.15) is 0 Å². The molecule has 1 saturated carbocycles. The minimum Gasteiger partial charge on any atom is -0.478 e. The van der Waals surface area contributed by atoms with Crippen LogP contribution in [0, 0.1) is 5.92 Å². The summed E-state index contributed by atoms with van der Waals surface area (Å²) < 4.78 is 0. The fourth-order valence-corrected chi connectivity index (χ4v) is 2.61. The van der Waals surface area contributed by atoms with Crippen molar-refractivity contribution < 1.29 is 14.7 Å². The number of carboxylic acids is 1. The number of hydrogen-bond donors (Lipinski definition) is 3. The van der Waals surface area contributed by atoms with Gasteiger partial charge in [-0.1, -0.05) is 19.8 Å². The zero-order valence-corrected chi connectivity index (χ0v) is 11.6. The molecule has 0 aliphatic heterocycles. The molecule has 2 rings (SSSR count). The molecule has 0 radical (unpaired) electrons. The van der Waals surface area contributed by atoms with E-state index in [0.29, 0.717) is 11.6 Å². The number of aromatic carboxylic acids is 1. The lowest BCUT2D eigenvalue weighted by Crippen LogP contribution is -2.40. The molecule has 1 aromatic carbocycles. The van der Waals surface area contributed by atoms with Gasteiger partial charge < -0.3 is 15.7 Å². The van der Waals surface area contributed by atoms with Crippen molar-refractivity contribution in [3.8, 4) is 0 Å². The van der Waals surface area contributed by atoms with Crippen LogP contribution in [-0.4, -0.2) is 23.1 Å². The number of nitrogens with one attached hydrogen (secondary N) is 2. The van der Waals surface area contributed by atoms with Crippen molar-refractivity contribution in [1.82, 2.24) is 5.32 Å². The predicted octanol–water partition coefficient (Wildman–Crippen LogP) is 3.09. The van der Waals surface area contributed by atoms with Crippen molar-refractivity contribution in [1.29, 1.82) is 0 Å². The number of anilines is 1. The topological polar surface area (TPSA) is 78.4 Å². The molecule has 1 aliphatic rings. The molecule has 1 aliphatic carbocycles. The van der Waals surface area contributed by atoms with Gasteiger partial charge in [0.2, 0.25) is 0 Å². The average Bonchev–Trinajstić information content (AvgIpc) is 2.39. The maximum atomic E-state index is 11.9. The molecule has 0 spiro atoms. The molecular weight excluding hydrogens is 256 g/mol. The van der Waals surface area contributed by atoms with Crippen LogP contribution >= 0.6 is 0 Å². The first-order valence-corrected chi connectivity index (χ1v) is 6.95. The number of urea groups is 1. The second-order valence-electron chi connectivity index (χ2n) is 5.45. The van der Waals surface area contributed by atoms with E-state index in [1.54, 1.807) is 12.1 Å². The lowest BCUT2D eigenvalue weighted by atomic mass is 9.87. The van der Waals surface area contributed by atoms with Crippen molar-refractivity contribution in [2.24, 2.45) is 5.92 Å². The SMILES string of the molecule is CC1CCCC(NC(=O)Nc2ccc(C(=O)O)cc2)C1. The number of carbonyl (C=O) groups is 2. The predicted molar refractivity (Wildman–Crippen MR) is 77.0 cm³/mol. The van der Waals surface area contributed by atoms with Crippen LogP contribution in [-0.2, 0) is 0 Å². The highest BCUT2D eigenvalue weighted by Crippen LogP contribution is 2.23. The third-order valence-electron chi connectivity index (χ3n) is 3.66. The van der Waals surface area contributed by atoms with Crippen molar-refractivity contribution in [2.75, 3.05) is 5.32 Å². The molecule has 5 nitrogen and oxygen atoms in total. The summed E-state index contributed by atoms with van der Waals surface area (Å²) in [5.41, 5.74) is 0.799. The normalized spacial score (nSPS) is 22.1. The zero-order valence-electron chi connectivity index (χ0n) is 11.6. The number of carbonyl (C=O) groups excluding carboxylic acids is 1. The van der Waals surface area contributed by atoms with Crippen LogP contribution in [0.25, 0.3) is 0 Å². The van der Waals surface area contributed by atoms with Gasteiger partial charge in [0.1, 0.15) is 0 Å². The highest BCUT2D eigenvalue weighted by atomic mass is 16.4. The second-order valence-corrected chi connectivity index (χ2v) is 5.45. The summed E-state index contributed by atoms with van der Waals surface area (Å²) in [6.07, 6.45) is 4.43. The van der Waals surface area contributed by atoms with Crippen LogP contribution in [0.1, 0.15) is 43.0 Å². The molecule has 3 N–H and O–H groups in total. The van der Waals surface area contributed by atoms with Crippen molar-refractivity contribution >= 4 is 17.7 Å². The molecule has 0 bridgehead atoms. The molecule has 0 aromatic heterocycles. The standard InChI is InChI=1S/C15H20N2O3/c1-10-3-2-4-13(9-10)17-15(20)16-12-7-5-11(6-8-12)14(18)19/h5-8,10,13H,2-4,9H2,1H3,(H,18,19)(H2,16,17,20). The molecule has 0 heterocycles. The third kappa shape index (κ3) is 3.98. The Morgan fingerprint density at radius 2 is 1.90 bits per heavy atom. The van der Waals surface area contributed by atoms with Crippen molar-refractivity contribution in [3.63, 3.8) is 0 Å². The highest BCUT2D eigenvalue weighted by Gasteiger charge is 2.20. The molecule has 20 heavy (non-hydrogen) atoms. The van der Waals surface area contributed by atoms with E-state index in [9.17, 15) is 9.59 Å². The Kier molecular flexibility index (Phi) is 4.61. The Morgan fingerprint density at radius 3 is 2.50 bits per heavy atom. The largest absolute Gasteiger partial charge is 0.478 e. The first-order chi connectivity index (χ1) is 9.54. The summed E-state index contributed by atoms with van der Waals surface area (Å²) in [4.78, 5) is 22.6. The van der Waals surface area contributed by atoms with E-state index in [4.69, 9.17) is 5.11 Å². The zero-order chi connectivity index (χ0) is 14.5. The fraction of sp³-hybridized carbons (Fsp3) is 0.467. The number of benzene rings is 1. The second kappa shape index (κ2) is 6.41. The molecule has 2 unspecified atom stereocenters. The summed E-state index contributed by atoms with van der Waals surface area (Å²) in [5, 5.41) is 14.5. The van der Waals surface area contributed by atoms with Crippen LogP contribution in [0.4, 0.5) is 10.5 Å². The smallest absolute Gasteiger partial charge is 0.335 e. The molecular formula is C15H20N2O3. The Labute approximate surface area is 118 Å². The Bertz CT molecular complexity index is 484. The van der Waals surface area contributed by atoms with Gasteiger partial charge in [0, 0.05) is 11.7 Å². The van der Waals surface area contributed by atoms with E-state index in [0.717, 1.165) is 19.3 Å². The highest BCUT2D eigenvalue weighted by molar-refractivity contribution is 5.91. The fourth-order valence-electron chi connectivity index (χ4n) is 2.61. The first-order valence-electron chi connectivity index (χ1n) is 6.95. The van der Waals surface area contributed by atoms with E-state index in [2.05, 4.69) is 17.6 Å². The molecule has 2 atom stereocenters. The summed E-state index contributed by atoms with van der Waals surface area (Å²) >= 11 is 0. The van der Waals surface area contributed by atoms with Crippen LogP contribution in [0.3, 0.4) is 0 Å². The molecule has 108 valence electrons. The van der Waals surface area contributed by atoms with E-state index >= 15 is 0 Å². The number of carboxylic acid groups (broad SMARTS) is 1. The lowest BCUT2D eigenvalue weighted by molar-refractivity contribution is 0.0697. The minimum absolute atomic E-state index is 0.206. The van der Waals surface area contributed by atoms with Gasteiger partial charge in [-0.05, 0) is 43.0 Å². The summed E-state index contributed by atoms with van der Waals surface area (Å²) in [6.45, 7) is 2.20. The number of rotatable bonds is 3. The Morgan fingerprint density at radius 1 is 1.20 bits per heavy atom. The van der Waals surface area contributed by atoms with Gasteiger partial charge in [-0.15, -0.1) is 0 Å². The van der Waals surface area contributed by atoms with Gasteiger partial charge in [-0.25, -0.2) is 9.59 Å². The number of amides is 2. The maximum Gasteiger partial charge on any atom is 0.335 e. The van der Waals surface area contributed by atoms with E-state index < -0.39 is 5.97 Å². The minimum atomic E-state index is -0.975. The molecule has 2 amide bonds. The van der Waals surface area contributed by atoms with Gasteiger partial charge in [0.25, 0.3) is 0 Å². The summed E-state index contributed by atoms with van der Waals surface area (Å²) in [5.74, 6) is -0.318. The molecule has 5 heteroatoms. The maximum absolute atomic E-state index is 11.9. The third-order valence-corrected chi connectivity index (χ3v) is 3.66. The molecule has 1 fully saturated rings. The van der Waals surface area contributed by atoms with E-state index in [1.807, 2.05) is 0 Å². The quantitative estimate of drug-likeness (QED) is 0.793. The van der Waals surface area contributed by atoms with Gasteiger partial charge >= 0.3 is 12.0 Å². The van der Waals surface area contributed by atoms with E-state index in [-0.39, 0.29) is 17.6 Å². The van der Waals surface area contributed by atoms with Gasteiger partial charge in [0.15, 0.2) is 0 Å². The lowest BCUT2D eigenvalue weighted by Gasteiger charge is -2.27. The Hall–Kier alpha value is -2.04. The van der Waals surface area contributed by atoms with Gasteiger partial charge in [0.05, 0.1) is 5.56 Å². The molecule has 1 aromatic rings. The van der Waals surface area contributed by atoms with Crippen LogP contribution in [0.2, 0.25) is 0 Å². The van der Waals surface area contributed by atoms with Gasteiger partial charge in [-0.3, -0.25) is 0 Å². The van der Waals surface area contributed by atoms with E-state index in [1.165, 1.54) is 18.6 Å².